The highest BCUT2D eigenvalue weighted by molar-refractivity contribution is 7.90. The van der Waals surface area contributed by atoms with Crippen LogP contribution in [-0.4, -0.2) is 23.3 Å². The molecule has 5 aromatic rings. The maximum atomic E-state index is 13.9. The molecular weight excluding hydrogens is 528 g/mol. The van der Waals surface area contributed by atoms with Gasteiger partial charge in [0.2, 0.25) is 0 Å². The van der Waals surface area contributed by atoms with Crippen LogP contribution in [0.2, 0.25) is 5.02 Å². The predicted octanol–water partition coefficient (Wildman–Crippen LogP) is 6.44. The van der Waals surface area contributed by atoms with Gasteiger partial charge in [-0.1, -0.05) is 60.1 Å². The Morgan fingerprint density at radius 1 is 0.947 bits per heavy atom. The molecule has 1 atom stereocenters. The molecule has 0 radical (unpaired) electrons. The van der Waals surface area contributed by atoms with Gasteiger partial charge in [0, 0.05) is 27.9 Å². The molecule has 0 aliphatic rings. The Morgan fingerprint density at radius 2 is 1.71 bits per heavy atom. The van der Waals surface area contributed by atoms with Crippen LogP contribution < -0.4 is 0 Å². The van der Waals surface area contributed by atoms with Gasteiger partial charge in [-0.15, -0.1) is 0 Å². The third-order valence-electron chi connectivity index (χ3n) is 6.35. The van der Waals surface area contributed by atoms with Crippen molar-refractivity contribution in [3.63, 3.8) is 0 Å². The van der Waals surface area contributed by atoms with Gasteiger partial charge >= 0.3 is 5.97 Å². The molecule has 192 valence electrons. The molecule has 0 spiro atoms. The van der Waals surface area contributed by atoms with Crippen LogP contribution in [0, 0.1) is 10.1 Å². The minimum atomic E-state index is -4.27. The monoisotopic (exact) mass is 548 g/mol. The first-order valence-corrected chi connectivity index (χ1v) is 13.4. The predicted molar refractivity (Wildman–Crippen MR) is 145 cm³/mol. The number of rotatable bonds is 7. The maximum absolute atomic E-state index is 13.9. The first-order valence-electron chi connectivity index (χ1n) is 11.6. The average molecular weight is 549 g/mol. The Hall–Kier alpha value is -4.21. The second-order valence-corrected chi connectivity index (χ2v) is 11.0. The number of aromatic nitrogens is 1. The lowest BCUT2D eigenvalue weighted by Gasteiger charge is -2.14. The van der Waals surface area contributed by atoms with Crippen molar-refractivity contribution in [2.45, 2.75) is 24.3 Å². The van der Waals surface area contributed by atoms with E-state index in [0.717, 1.165) is 15.6 Å². The van der Waals surface area contributed by atoms with E-state index in [0.29, 0.717) is 32.4 Å². The zero-order valence-corrected chi connectivity index (χ0v) is 21.6. The number of hydrogen-bond acceptors (Lipinski definition) is 6. The van der Waals surface area contributed by atoms with E-state index in [-0.39, 0.29) is 17.2 Å². The highest BCUT2D eigenvalue weighted by Gasteiger charge is 2.26. The van der Waals surface area contributed by atoms with Crippen molar-refractivity contribution in [2.75, 3.05) is 0 Å². The van der Waals surface area contributed by atoms with E-state index in [1.54, 1.807) is 43.3 Å². The molecule has 10 heteroatoms. The number of fused-ring (bicyclic) bond motifs is 3. The van der Waals surface area contributed by atoms with Gasteiger partial charge in [-0.05, 0) is 48.4 Å². The Bertz CT molecular complexity index is 1820. The minimum absolute atomic E-state index is 0.117. The summed E-state index contributed by atoms with van der Waals surface area (Å²) in [5.74, 6) is -1.14. The van der Waals surface area contributed by atoms with Gasteiger partial charge < -0.3 is 4.74 Å². The molecule has 1 aromatic heterocycles. The SMILES string of the molecule is CC(C(=O)OCc1ccccc1)c1ccc2c3cc(Cl)ccc3n(S(=O)(=O)c3cccc([N+](=O)[O-])c3)c2c1. The van der Waals surface area contributed by atoms with Crippen molar-refractivity contribution < 1.29 is 22.9 Å². The summed E-state index contributed by atoms with van der Waals surface area (Å²) >= 11 is 6.23. The molecule has 8 nitrogen and oxygen atoms in total. The molecule has 38 heavy (non-hydrogen) atoms. The molecule has 4 aromatic carbocycles. The molecule has 5 rings (SSSR count). The fraction of sp³-hybridized carbons (Fsp3) is 0.107. The summed E-state index contributed by atoms with van der Waals surface area (Å²) in [6.45, 7) is 1.81. The summed E-state index contributed by atoms with van der Waals surface area (Å²) in [5, 5.41) is 12.9. The highest BCUT2D eigenvalue weighted by atomic mass is 35.5. The van der Waals surface area contributed by atoms with Gasteiger partial charge in [0.15, 0.2) is 0 Å². The molecule has 0 N–H and O–H groups in total. The van der Waals surface area contributed by atoms with Crippen LogP contribution >= 0.6 is 11.6 Å². The smallest absolute Gasteiger partial charge is 0.313 e. The van der Waals surface area contributed by atoms with Crippen LogP contribution in [0.3, 0.4) is 0 Å². The minimum Gasteiger partial charge on any atom is -0.460 e. The summed E-state index contributed by atoms with van der Waals surface area (Å²) < 4.78 is 34.4. The Morgan fingerprint density at radius 3 is 2.45 bits per heavy atom. The molecule has 1 heterocycles. The van der Waals surface area contributed by atoms with Crippen molar-refractivity contribution in [2.24, 2.45) is 0 Å². The number of nitrogens with zero attached hydrogens (tertiary/aromatic N) is 2. The molecule has 0 bridgehead atoms. The van der Waals surface area contributed by atoms with Crippen molar-refractivity contribution in [1.82, 2.24) is 3.97 Å². The first kappa shape index (κ1) is 25.4. The Kier molecular flexibility index (Phi) is 6.64. The van der Waals surface area contributed by atoms with E-state index in [1.807, 2.05) is 30.3 Å². The van der Waals surface area contributed by atoms with Gasteiger partial charge in [-0.25, -0.2) is 12.4 Å². The number of carbonyl (C=O) groups is 1. The Labute approximate surface area is 223 Å². The summed E-state index contributed by atoms with van der Waals surface area (Å²) in [4.78, 5) is 23.3. The van der Waals surface area contributed by atoms with E-state index < -0.39 is 26.8 Å². The fourth-order valence-electron chi connectivity index (χ4n) is 4.36. The van der Waals surface area contributed by atoms with Gasteiger partial charge in [-0.2, -0.15) is 0 Å². The van der Waals surface area contributed by atoms with E-state index in [9.17, 15) is 23.3 Å². The van der Waals surface area contributed by atoms with E-state index in [4.69, 9.17) is 16.3 Å². The number of nitro benzene ring substituents is 1. The molecule has 0 fully saturated rings. The van der Waals surface area contributed by atoms with Gasteiger partial charge in [-0.3, -0.25) is 14.9 Å². The first-order chi connectivity index (χ1) is 18.2. The quantitative estimate of drug-likeness (QED) is 0.131. The van der Waals surface area contributed by atoms with Crippen LogP contribution in [0.5, 0.6) is 0 Å². The number of non-ortho nitro benzene ring substituents is 1. The lowest BCUT2D eigenvalue weighted by atomic mass is 9.99. The van der Waals surface area contributed by atoms with Crippen LogP contribution in [0.4, 0.5) is 5.69 Å². The third-order valence-corrected chi connectivity index (χ3v) is 8.31. The average Bonchev–Trinajstić information content (AvgIpc) is 3.25. The summed E-state index contributed by atoms with van der Waals surface area (Å²) in [6.07, 6.45) is 0. The molecule has 0 saturated carbocycles. The molecule has 0 amide bonds. The zero-order valence-electron chi connectivity index (χ0n) is 20.1. The van der Waals surface area contributed by atoms with E-state index in [2.05, 4.69) is 0 Å². The normalized spacial score (nSPS) is 12.5. The number of ether oxygens (including phenoxy) is 1. The Balaban J connectivity index is 1.62. The number of nitro groups is 1. The molecule has 1 unspecified atom stereocenters. The van der Waals surface area contributed by atoms with Crippen molar-refractivity contribution >= 4 is 55.1 Å². The number of benzene rings is 4. The van der Waals surface area contributed by atoms with Crippen molar-refractivity contribution in [1.29, 1.82) is 0 Å². The number of carbonyl (C=O) groups excluding carboxylic acids is 1. The summed E-state index contributed by atoms with van der Waals surface area (Å²) in [6, 6.07) is 24.1. The van der Waals surface area contributed by atoms with Crippen molar-refractivity contribution in [3.8, 4) is 0 Å². The van der Waals surface area contributed by atoms with E-state index in [1.165, 1.54) is 18.2 Å². The topological polar surface area (TPSA) is 109 Å². The van der Waals surface area contributed by atoms with Crippen LogP contribution in [0.1, 0.15) is 24.0 Å². The second kappa shape index (κ2) is 9.92. The van der Waals surface area contributed by atoms with Crippen molar-refractivity contribution in [3.05, 3.63) is 117 Å². The third kappa shape index (κ3) is 4.62. The molecule has 0 saturated heterocycles. The van der Waals surface area contributed by atoms with Crippen LogP contribution in [0.25, 0.3) is 21.8 Å². The van der Waals surface area contributed by atoms with Gasteiger partial charge in [0.1, 0.15) is 6.61 Å². The number of hydrogen-bond donors (Lipinski definition) is 0. The second-order valence-electron chi connectivity index (χ2n) is 8.78. The molecular formula is C28H21ClN2O6S. The lowest BCUT2D eigenvalue weighted by molar-refractivity contribution is -0.385. The lowest BCUT2D eigenvalue weighted by Crippen LogP contribution is -2.15. The maximum Gasteiger partial charge on any atom is 0.313 e. The highest BCUT2D eigenvalue weighted by Crippen LogP contribution is 2.36. The van der Waals surface area contributed by atoms with Crippen LogP contribution in [-0.2, 0) is 26.2 Å². The number of esters is 1. The molecule has 0 aliphatic carbocycles. The van der Waals surface area contributed by atoms with Gasteiger partial charge in [0.25, 0.3) is 15.7 Å². The molecule has 0 aliphatic heterocycles. The van der Waals surface area contributed by atoms with E-state index >= 15 is 0 Å². The fourth-order valence-corrected chi connectivity index (χ4v) is 6.09. The number of halogens is 1. The summed E-state index contributed by atoms with van der Waals surface area (Å²) in [7, 11) is -4.27. The summed E-state index contributed by atoms with van der Waals surface area (Å²) in [5.41, 5.74) is 1.73. The van der Waals surface area contributed by atoms with Crippen LogP contribution in [0.15, 0.2) is 95.9 Å². The van der Waals surface area contributed by atoms with Gasteiger partial charge in [0.05, 0.1) is 26.8 Å². The largest absolute Gasteiger partial charge is 0.460 e. The standard InChI is InChI=1S/C28H21ClN2O6S/c1-18(28(32)37-17-19-6-3-2-4-7-19)20-10-12-24-25-15-21(29)11-13-26(25)30(27(24)14-20)38(35,36)23-9-5-8-22(16-23)31(33)34/h2-16,18H,17H2,1H3. The zero-order chi connectivity index (χ0) is 27.0.